The zero-order chi connectivity index (χ0) is 17.4. The zero-order valence-corrected chi connectivity index (χ0v) is 14.6. The van der Waals surface area contributed by atoms with Crippen molar-refractivity contribution in [2.75, 3.05) is 11.4 Å². The molecule has 0 radical (unpaired) electrons. The molecule has 0 saturated heterocycles. The van der Waals surface area contributed by atoms with E-state index in [4.69, 9.17) is 0 Å². The third kappa shape index (κ3) is 2.64. The van der Waals surface area contributed by atoms with Crippen LogP contribution in [0.15, 0.2) is 54.7 Å². The van der Waals surface area contributed by atoms with Crippen molar-refractivity contribution >= 4 is 11.6 Å². The number of hydrogen-bond acceptors (Lipinski definition) is 2. The Morgan fingerprint density at radius 2 is 1.84 bits per heavy atom. The second-order valence-electron chi connectivity index (χ2n) is 6.53. The van der Waals surface area contributed by atoms with Gasteiger partial charge in [0.1, 0.15) is 0 Å². The second-order valence-corrected chi connectivity index (χ2v) is 6.53. The molecule has 2 aromatic carbocycles. The molecule has 1 aliphatic rings. The smallest absolute Gasteiger partial charge is 0.261 e. The number of benzene rings is 2. The predicted octanol–water partition coefficient (Wildman–Crippen LogP) is 4.08. The third-order valence-electron chi connectivity index (χ3n) is 4.91. The Balaban J connectivity index is 1.73. The van der Waals surface area contributed by atoms with Gasteiger partial charge in [0.05, 0.1) is 28.8 Å². The summed E-state index contributed by atoms with van der Waals surface area (Å²) in [5, 5.41) is 4.45. The molecule has 3 aromatic rings. The Morgan fingerprint density at radius 3 is 2.64 bits per heavy atom. The number of rotatable bonds is 2. The highest BCUT2D eigenvalue weighted by atomic mass is 16.2. The maximum atomic E-state index is 13.3. The first-order chi connectivity index (χ1) is 12.2. The van der Waals surface area contributed by atoms with Crippen LogP contribution in [0, 0.1) is 13.8 Å². The molecule has 2 heterocycles. The standard InChI is InChI=1S/C21H21N3O/c1-15-8-6-9-17-10-7-13-23(20(15)17)21(25)19-14-22-24(16(19)2)18-11-4-3-5-12-18/h3-6,8-9,11-12,14H,7,10,13H2,1-2H3. The van der Waals surface area contributed by atoms with Gasteiger partial charge in [-0.3, -0.25) is 4.79 Å². The lowest BCUT2D eigenvalue weighted by Gasteiger charge is -2.31. The van der Waals surface area contributed by atoms with Gasteiger partial charge in [-0.15, -0.1) is 0 Å². The van der Waals surface area contributed by atoms with E-state index in [1.54, 1.807) is 6.20 Å². The number of anilines is 1. The lowest BCUT2D eigenvalue weighted by Crippen LogP contribution is -2.36. The number of carbonyl (C=O) groups excluding carboxylic acids is 1. The molecule has 0 spiro atoms. The zero-order valence-electron chi connectivity index (χ0n) is 14.6. The number of aryl methyl sites for hydroxylation is 2. The van der Waals surface area contributed by atoms with Crippen LogP contribution in [0.2, 0.25) is 0 Å². The first kappa shape index (κ1) is 15.6. The Labute approximate surface area is 147 Å². The van der Waals surface area contributed by atoms with Gasteiger partial charge in [0.2, 0.25) is 0 Å². The van der Waals surface area contributed by atoms with E-state index >= 15 is 0 Å². The topological polar surface area (TPSA) is 38.1 Å². The van der Waals surface area contributed by atoms with Crippen LogP contribution in [0.25, 0.3) is 5.69 Å². The largest absolute Gasteiger partial charge is 0.308 e. The molecular weight excluding hydrogens is 310 g/mol. The monoisotopic (exact) mass is 331 g/mol. The molecule has 0 N–H and O–H groups in total. The molecule has 1 aliphatic heterocycles. The second kappa shape index (κ2) is 6.20. The maximum Gasteiger partial charge on any atom is 0.261 e. The van der Waals surface area contributed by atoms with Crippen LogP contribution < -0.4 is 4.90 Å². The number of carbonyl (C=O) groups is 1. The van der Waals surface area contributed by atoms with Gasteiger partial charge >= 0.3 is 0 Å². The van der Waals surface area contributed by atoms with Crippen molar-refractivity contribution in [1.82, 2.24) is 9.78 Å². The van der Waals surface area contributed by atoms with Gasteiger partial charge in [-0.05, 0) is 49.9 Å². The fourth-order valence-corrected chi connectivity index (χ4v) is 3.64. The van der Waals surface area contributed by atoms with Crippen molar-refractivity contribution in [2.24, 2.45) is 0 Å². The van der Waals surface area contributed by atoms with E-state index in [9.17, 15) is 4.79 Å². The van der Waals surface area contributed by atoms with Gasteiger partial charge in [0.15, 0.2) is 0 Å². The molecule has 0 fully saturated rings. The normalized spacial score (nSPS) is 13.6. The maximum absolute atomic E-state index is 13.3. The Morgan fingerprint density at radius 1 is 1.04 bits per heavy atom. The summed E-state index contributed by atoms with van der Waals surface area (Å²) < 4.78 is 1.83. The summed E-state index contributed by atoms with van der Waals surface area (Å²) in [4.78, 5) is 15.2. The molecular formula is C21H21N3O. The number of fused-ring (bicyclic) bond motifs is 1. The van der Waals surface area contributed by atoms with Gasteiger partial charge in [-0.1, -0.05) is 36.4 Å². The summed E-state index contributed by atoms with van der Waals surface area (Å²) in [7, 11) is 0. The van der Waals surface area contributed by atoms with Crippen molar-refractivity contribution in [2.45, 2.75) is 26.7 Å². The lowest BCUT2D eigenvalue weighted by molar-refractivity contribution is 0.0984. The molecule has 0 aliphatic carbocycles. The highest BCUT2D eigenvalue weighted by molar-refractivity contribution is 6.07. The molecule has 25 heavy (non-hydrogen) atoms. The van der Waals surface area contributed by atoms with Crippen molar-refractivity contribution in [3.05, 3.63) is 77.1 Å². The number of aromatic nitrogens is 2. The molecule has 0 unspecified atom stereocenters. The minimum absolute atomic E-state index is 0.0370. The predicted molar refractivity (Wildman–Crippen MR) is 99.5 cm³/mol. The molecule has 4 nitrogen and oxygen atoms in total. The van der Waals surface area contributed by atoms with Gasteiger partial charge < -0.3 is 4.90 Å². The fourth-order valence-electron chi connectivity index (χ4n) is 3.64. The van der Waals surface area contributed by atoms with Crippen LogP contribution >= 0.6 is 0 Å². The first-order valence-corrected chi connectivity index (χ1v) is 8.67. The number of para-hydroxylation sites is 2. The van der Waals surface area contributed by atoms with Crippen LogP contribution in [-0.4, -0.2) is 22.2 Å². The summed E-state index contributed by atoms with van der Waals surface area (Å²) in [5.41, 5.74) is 5.99. The Bertz CT molecular complexity index is 928. The van der Waals surface area contributed by atoms with Gasteiger partial charge in [-0.25, -0.2) is 4.68 Å². The number of amides is 1. The molecule has 0 saturated carbocycles. The van der Waals surface area contributed by atoms with E-state index in [-0.39, 0.29) is 5.91 Å². The Kier molecular flexibility index (Phi) is 3.88. The van der Waals surface area contributed by atoms with E-state index in [1.165, 1.54) is 5.56 Å². The average Bonchev–Trinajstić information content (AvgIpc) is 3.03. The molecule has 4 heteroatoms. The van der Waals surface area contributed by atoms with Gasteiger partial charge in [0.25, 0.3) is 5.91 Å². The highest BCUT2D eigenvalue weighted by Gasteiger charge is 2.27. The van der Waals surface area contributed by atoms with E-state index in [0.29, 0.717) is 5.56 Å². The average molecular weight is 331 g/mol. The van der Waals surface area contributed by atoms with Crippen LogP contribution in [0.5, 0.6) is 0 Å². The lowest BCUT2D eigenvalue weighted by atomic mass is 9.97. The summed E-state index contributed by atoms with van der Waals surface area (Å²) in [6, 6.07) is 16.2. The highest BCUT2D eigenvalue weighted by Crippen LogP contribution is 2.32. The molecule has 126 valence electrons. The Hall–Kier alpha value is -2.88. The van der Waals surface area contributed by atoms with E-state index in [2.05, 4.69) is 30.2 Å². The molecule has 1 amide bonds. The molecule has 0 bridgehead atoms. The van der Waals surface area contributed by atoms with Gasteiger partial charge in [0, 0.05) is 6.54 Å². The fraction of sp³-hybridized carbons (Fsp3) is 0.238. The van der Waals surface area contributed by atoms with Crippen molar-refractivity contribution < 1.29 is 4.79 Å². The number of nitrogens with zero attached hydrogens (tertiary/aromatic N) is 3. The van der Waals surface area contributed by atoms with E-state index < -0.39 is 0 Å². The van der Waals surface area contributed by atoms with Crippen molar-refractivity contribution in [3.63, 3.8) is 0 Å². The third-order valence-corrected chi connectivity index (χ3v) is 4.91. The SMILES string of the molecule is Cc1cccc2c1N(C(=O)c1cnn(-c3ccccc3)c1C)CCC2. The quantitative estimate of drug-likeness (QED) is 0.709. The molecule has 0 atom stereocenters. The first-order valence-electron chi connectivity index (χ1n) is 8.67. The van der Waals surface area contributed by atoms with E-state index in [0.717, 1.165) is 42.0 Å². The van der Waals surface area contributed by atoms with Crippen LogP contribution in [0.1, 0.15) is 33.6 Å². The van der Waals surface area contributed by atoms with Crippen molar-refractivity contribution in [3.8, 4) is 5.69 Å². The number of hydrogen-bond donors (Lipinski definition) is 0. The summed E-state index contributed by atoms with van der Waals surface area (Å²) in [6.45, 7) is 4.78. The van der Waals surface area contributed by atoms with Crippen LogP contribution in [0.4, 0.5) is 5.69 Å². The van der Waals surface area contributed by atoms with Gasteiger partial charge in [-0.2, -0.15) is 5.10 Å². The molecule has 4 rings (SSSR count). The summed E-state index contributed by atoms with van der Waals surface area (Å²) in [5.74, 6) is 0.0370. The van der Waals surface area contributed by atoms with Crippen LogP contribution in [0.3, 0.4) is 0 Å². The van der Waals surface area contributed by atoms with Crippen LogP contribution in [-0.2, 0) is 6.42 Å². The molecule has 1 aromatic heterocycles. The summed E-state index contributed by atoms with van der Waals surface area (Å²) >= 11 is 0. The minimum atomic E-state index is 0.0370. The minimum Gasteiger partial charge on any atom is -0.308 e. The van der Waals surface area contributed by atoms with Crippen molar-refractivity contribution in [1.29, 1.82) is 0 Å². The van der Waals surface area contributed by atoms with E-state index in [1.807, 2.05) is 46.8 Å². The summed E-state index contributed by atoms with van der Waals surface area (Å²) in [6.07, 6.45) is 3.72.